The fourth-order valence-electron chi connectivity index (χ4n) is 4.72. The molecule has 2 saturated heterocycles. The van der Waals surface area contributed by atoms with Crippen molar-refractivity contribution in [2.24, 2.45) is 0 Å². The van der Waals surface area contributed by atoms with Gasteiger partial charge in [-0.15, -0.1) is 12.4 Å². The van der Waals surface area contributed by atoms with E-state index in [0.717, 1.165) is 37.2 Å². The number of fused-ring (bicyclic) bond motifs is 2. The van der Waals surface area contributed by atoms with Crippen molar-refractivity contribution in [2.75, 3.05) is 18.5 Å². The minimum absolute atomic E-state index is 0. The maximum Gasteiger partial charge on any atom is 0.253 e. The molecule has 2 aliphatic rings. The Morgan fingerprint density at radius 3 is 2.21 bits per heavy atom. The zero-order valence-electron chi connectivity index (χ0n) is 17.4. The molecular formula is C24H32ClN3O. The number of nitrogens with zero attached hydrogens (tertiary/aromatic N) is 2. The molecule has 2 aromatic carbocycles. The van der Waals surface area contributed by atoms with Gasteiger partial charge in [0.05, 0.1) is 0 Å². The van der Waals surface area contributed by atoms with Crippen LogP contribution in [0.2, 0.25) is 0 Å². The number of piperidine rings is 1. The largest absolute Gasteiger partial charge is 0.367 e. The first-order valence-electron chi connectivity index (χ1n) is 10.6. The van der Waals surface area contributed by atoms with Gasteiger partial charge in [-0.1, -0.05) is 30.3 Å². The van der Waals surface area contributed by atoms with E-state index in [-0.39, 0.29) is 18.3 Å². The van der Waals surface area contributed by atoms with E-state index in [1.807, 2.05) is 30.1 Å². The first-order chi connectivity index (χ1) is 13.6. The molecule has 0 aliphatic carbocycles. The zero-order chi connectivity index (χ0) is 19.5. The second-order valence-corrected chi connectivity index (χ2v) is 8.23. The molecule has 156 valence electrons. The van der Waals surface area contributed by atoms with E-state index in [4.69, 9.17) is 0 Å². The van der Waals surface area contributed by atoms with Crippen molar-refractivity contribution in [3.8, 4) is 0 Å². The van der Waals surface area contributed by atoms with Crippen molar-refractivity contribution in [1.29, 1.82) is 0 Å². The van der Waals surface area contributed by atoms with Gasteiger partial charge in [-0.2, -0.15) is 0 Å². The monoisotopic (exact) mass is 413 g/mol. The van der Waals surface area contributed by atoms with Crippen LogP contribution in [0.25, 0.3) is 0 Å². The number of anilines is 1. The third-order valence-corrected chi connectivity index (χ3v) is 6.39. The van der Waals surface area contributed by atoms with Crippen LogP contribution in [0.1, 0.15) is 48.5 Å². The molecule has 2 aromatic rings. The van der Waals surface area contributed by atoms with Crippen LogP contribution in [0.5, 0.6) is 0 Å². The molecule has 2 bridgehead atoms. The Labute approximate surface area is 180 Å². The summed E-state index contributed by atoms with van der Waals surface area (Å²) in [6.45, 7) is 3.98. The lowest BCUT2D eigenvalue weighted by molar-refractivity contribution is 0.0681. The topological polar surface area (TPSA) is 35.6 Å². The lowest BCUT2D eigenvalue weighted by atomic mass is 9.98. The van der Waals surface area contributed by atoms with Crippen LogP contribution < -0.4 is 10.2 Å². The number of carbonyl (C=O) groups excluding carboxylic acids is 1. The van der Waals surface area contributed by atoms with Crippen molar-refractivity contribution in [2.45, 2.75) is 57.3 Å². The fraction of sp³-hybridized carbons (Fsp3) is 0.458. The summed E-state index contributed by atoms with van der Waals surface area (Å²) in [7, 11) is 1.97. The molecule has 1 N–H and O–H groups in total. The van der Waals surface area contributed by atoms with Crippen LogP contribution in [0, 0.1) is 0 Å². The third kappa shape index (κ3) is 4.93. The van der Waals surface area contributed by atoms with Crippen LogP contribution in [-0.2, 0) is 6.54 Å². The number of rotatable bonds is 6. The molecule has 0 aromatic heterocycles. The van der Waals surface area contributed by atoms with Crippen molar-refractivity contribution >= 4 is 24.0 Å². The van der Waals surface area contributed by atoms with Gasteiger partial charge in [0, 0.05) is 49.5 Å². The van der Waals surface area contributed by atoms with E-state index in [2.05, 4.69) is 53.5 Å². The van der Waals surface area contributed by atoms with Gasteiger partial charge in [0.1, 0.15) is 0 Å². The Balaban J connectivity index is 0.00000240. The van der Waals surface area contributed by atoms with E-state index in [0.29, 0.717) is 18.1 Å². The molecule has 2 aliphatic heterocycles. The number of hydrogen-bond donors (Lipinski definition) is 1. The molecule has 29 heavy (non-hydrogen) atoms. The Morgan fingerprint density at radius 2 is 1.62 bits per heavy atom. The standard InChI is InChI=1S/C24H31N3O.ClH/c1-3-27(17-18-7-5-4-6-8-18)22-13-9-19(10-14-22)24(28)26(2)23-15-20-11-12-21(16-23)25-20;/h4-10,13-14,20-21,23,25H,3,11-12,15-17H2,1-2H3;1H. The van der Waals surface area contributed by atoms with Gasteiger partial charge in [0.2, 0.25) is 0 Å². The lowest BCUT2D eigenvalue weighted by Crippen LogP contribution is -2.48. The number of nitrogens with one attached hydrogen (secondary N) is 1. The highest BCUT2D eigenvalue weighted by atomic mass is 35.5. The average Bonchev–Trinajstić information content (AvgIpc) is 3.09. The summed E-state index contributed by atoms with van der Waals surface area (Å²) in [5.41, 5.74) is 3.24. The highest BCUT2D eigenvalue weighted by Crippen LogP contribution is 2.30. The highest BCUT2D eigenvalue weighted by molar-refractivity contribution is 5.94. The SMILES string of the molecule is CCN(Cc1ccccc1)c1ccc(C(=O)N(C)C2CC3CCC(C2)N3)cc1.Cl. The quantitative estimate of drug-likeness (QED) is 0.757. The van der Waals surface area contributed by atoms with E-state index < -0.39 is 0 Å². The Morgan fingerprint density at radius 1 is 1.00 bits per heavy atom. The molecule has 1 amide bonds. The van der Waals surface area contributed by atoms with Crippen molar-refractivity contribution in [3.63, 3.8) is 0 Å². The molecule has 2 unspecified atom stereocenters. The Bertz CT molecular complexity index is 784. The maximum atomic E-state index is 13.0. The van der Waals surface area contributed by atoms with Gasteiger partial charge in [0.15, 0.2) is 0 Å². The summed E-state index contributed by atoms with van der Waals surface area (Å²) in [5.74, 6) is 0.143. The second-order valence-electron chi connectivity index (χ2n) is 8.23. The van der Waals surface area contributed by atoms with Crippen molar-refractivity contribution in [1.82, 2.24) is 10.2 Å². The normalized spacial score (nSPS) is 22.6. The average molecular weight is 414 g/mol. The highest BCUT2D eigenvalue weighted by Gasteiger charge is 2.36. The molecule has 4 rings (SSSR count). The summed E-state index contributed by atoms with van der Waals surface area (Å²) in [6, 6.07) is 20.2. The van der Waals surface area contributed by atoms with Crippen LogP contribution in [0.15, 0.2) is 54.6 Å². The van der Waals surface area contributed by atoms with E-state index >= 15 is 0 Å². The van der Waals surface area contributed by atoms with Gasteiger partial charge < -0.3 is 15.1 Å². The smallest absolute Gasteiger partial charge is 0.253 e. The number of benzene rings is 2. The van der Waals surface area contributed by atoms with Crippen LogP contribution in [0.4, 0.5) is 5.69 Å². The summed E-state index contributed by atoms with van der Waals surface area (Å²) in [5, 5.41) is 3.66. The molecule has 2 fully saturated rings. The predicted octanol–water partition coefficient (Wildman–Crippen LogP) is 4.49. The van der Waals surface area contributed by atoms with Gasteiger partial charge in [0.25, 0.3) is 5.91 Å². The van der Waals surface area contributed by atoms with Crippen molar-refractivity contribution < 1.29 is 4.79 Å². The molecule has 2 atom stereocenters. The molecule has 0 saturated carbocycles. The Hall–Kier alpha value is -2.04. The molecular weight excluding hydrogens is 382 g/mol. The summed E-state index contributed by atoms with van der Waals surface area (Å²) >= 11 is 0. The summed E-state index contributed by atoms with van der Waals surface area (Å²) < 4.78 is 0. The van der Waals surface area contributed by atoms with E-state index in [9.17, 15) is 4.79 Å². The van der Waals surface area contributed by atoms with Gasteiger partial charge in [-0.3, -0.25) is 4.79 Å². The maximum absolute atomic E-state index is 13.0. The fourth-order valence-corrected chi connectivity index (χ4v) is 4.72. The molecule has 4 nitrogen and oxygen atoms in total. The Kier molecular flexibility index (Phi) is 7.20. The second kappa shape index (κ2) is 9.64. The van der Waals surface area contributed by atoms with Gasteiger partial charge in [-0.25, -0.2) is 0 Å². The minimum Gasteiger partial charge on any atom is -0.367 e. The lowest BCUT2D eigenvalue weighted by Gasteiger charge is -2.35. The number of hydrogen-bond acceptors (Lipinski definition) is 3. The van der Waals surface area contributed by atoms with Crippen LogP contribution in [0.3, 0.4) is 0 Å². The molecule has 0 radical (unpaired) electrons. The van der Waals surface area contributed by atoms with Gasteiger partial charge in [-0.05, 0) is 62.4 Å². The summed E-state index contributed by atoms with van der Waals surface area (Å²) in [4.78, 5) is 17.3. The van der Waals surface area contributed by atoms with E-state index in [1.165, 1.54) is 18.4 Å². The predicted molar refractivity (Wildman–Crippen MR) is 122 cm³/mol. The summed E-state index contributed by atoms with van der Waals surface area (Å²) in [6.07, 6.45) is 4.67. The third-order valence-electron chi connectivity index (χ3n) is 6.39. The van der Waals surface area contributed by atoms with Crippen molar-refractivity contribution in [3.05, 3.63) is 65.7 Å². The minimum atomic E-state index is 0. The first-order valence-corrected chi connectivity index (χ1v) is 10.6. The van der Waals surface area contributed by atoms with Gasteiger partial charge >= 0.3 is 0 Å². The first kappa shape index (κ1) is 21.7. The van der Waals surface area contributed by atoms with Crippen LogP contribution >= 0.6 is 12.4 Å². The number of carbonyl (C=O) groups is 1. The zero-order valence-corrected chi connectivity index (χ0v) is 18.2. The van der Waals surface area contributed by atoms with Crippen LogP contribution in [-0.4, -0.2) is 42.5 Å². The molecule has 0 spiro atoms. The molecule has 2 heterocycles. The number of amides is 1. The van der Waals surface area contributed by atoms with E-state index in [1.54, 1.807) is 0 Å². The number of halogens is 1. The molecule has 5 heteroatoms.